The number of aryl methyl sites for hydroxylation is 1. The summed E-state index contributed by atoms with van der Waals surface area (Å²) in [5.74, 6) is 3.20. The van der Waals surface area contributed by atoms with Crippen molar-refractivity contribution in [3.63, 3.8) is 0 Å². The standard InChI is InChI=1S/C17H20Cl2N4/c1-11-4-3-7-23(10-11)17-9-16(20-12(2)21-17)22-13-5-6-14(18)15(19)8-13/h5-6,8-9,11H,3-4,7,10H2,1-2H3,(H,20,21,22). The third kappa shape index (κ3) is 4.06. The van der Waals surface area contributed by atoms with Crippen molar-refractivity contribution >= 4 is 40.5 Å². The van der Waals surface area contributed by atoms with Crippen molar-refractivity contribution in [2.24, 2.45) is 5.92 Å². The van der Waals surface area contributed by atoms with Gasteiger partial charge in [-0.2, -0.15) is 0 Å². The van der Waals surface area contributed by atoms with Crippen LogP contribution in [0.4, 0.5) is 17.3 Å². The Balaban J connectivity index is 1.83. The molecule has 2 aromatic rings. The van der Waals surface area contributed by atoms with Gasteiger partial charge in [0.05, 0.1) is 10.0 Å². The Bertz CT molecular complexity index is 705. The fraction of sp³-hybridized carbons (Fsp3) is 0.412. The third-order valence-electron chi connectivity index (χ3n) is 4.00. The Labute approximate surface area is 146 Å². The molecule has 0 spiro atoms. The minimum absolute atomic E-state index is 0.521. The lowest BCUT2D eigenvalue weighted by Gasteiger charge is -2.32. The zero-order chi connectivity index (χ0) is 16.4. The molecule has 1 aliphatic rings. The van der Waals surface area contributed by atoms with Crippen molar-refractivity contribution in [3.8, 4) is 0 Å². The summed E-state index contributed by atoms with van der Waals surface area (Å²) < 4.78 is 0. The summed E-state index contributed by atoms with van der Waals surface area (Å²) in [7, 11) is 0. The molecule has 1 aromatic carbocycles. The van der Waals surface area contributed by atoms with E-state index < -0.39 is 0 Å². The summed E-state index contributed by atoms with van der Waals surface area (Å²) in [6.07, 6.45) is 2.49. The lowest BCUT2D eigenvalue weighted by Crippen LogP contribution is -2.35. The van der Waals surface area contributed by atoms with Crippen LogP contribution in [0.5, 0.6) is 0 Å². The van der Waals surface area contributed by atoms with E-state index in [4.69, 9.17) is 23.2 Å². The SMILES string of the molecule is Cc1nc(Nc2ccc(Cl)c(Cl)c2)cc(N2CCCC(C)C2)n1. The van der Waals surface area contributed by atoms with E-state index in [-0.39, 0.29) is 0 Å². The molecule has 1 atom stereocenters. The van der Waals surface area contributed by atoms with Gasteiger partial charge in [-0.15, -0.1) is 0 Å². The van der Waals surface area contributed by atoms with Crippen LogP contribution in [0.2, 0.25) is 10.0 Å². The minimum atomic E-state index is 0.521. The van der Waals surface area contributed by atoms with E-state index in [9.17, 15) is 0 Å². The van der Waals surface area contributed by atoms with Crippen molar-refractivity contribution in [2.45, 2.75) is 26.7 Å². The van der Waals surface area contributed by atoms with Crippen molar-refractivity contribution in [1.82, 2.24) is 9.97 Å². The maximum absolute atomic E-state index is 6.07. The normalized spacial score (nSPS) is 18.1. The van der Waals surface area contributed by atoms with Crippen LogP contribution in [-0.4, -0.2) is 23.1 Å². The second kappa shape index (κ2) is 6.93. The number of nitrogens with one attached hydrogen (secondary N) is 1. The van der Waals surface area contributed by atoms with Crippen molar-refractivity contribution in [1.29, 1.82) is 0 Å². The predicted molar refractivity (Wildman–Crippen MR) is 97.1 cm³/mol. The molecule has 0 aliphatic carbocycles. The van der Waals surface area contributed by atoms with Crippen LogP contribution in [0.15, 0.2) is 24.3 Å². The van der Waals surface area contributed by atoms with Gasteiger partial charge in [0, 0.05) is 24.8 Å². The van der Waals surface area contributed by atoms with E-state index in [2.05, 4.69) is 27.1 Å². The molecule has 0 saturated carbocycles. The summed E-state index contributed by atoms with van der Waals surface area (Å²) in [5.41, 5.74) is 0.857. The van der Waals surface area contributed by atoms with Crippen molar-refractivity contribution in [2.75, 3.05) is 23.3 Å². The molecule has 1 N–H and O–H groups in total. The van der Waals surface area contributed by atoms with Gasteiger partial charge in [0.15, 0.2) is 0 Å². The quantitative estimate of drug-likeness (QED) is 0.838. The number of hydrogen-bond acceptors (Lipinski definition) is 4. The summed E-state index contributed by atoms with van der Waals surface area (Å²) >= 11 is 12.0. The Hall–Kier alpha value is -1.52. The Morgan fingerprint density at radius 2 is 2.00 bits per heavy atom. The lowest BCUT2D eigenvalue weighted by molar-refractivity contribution is 0.444. The number of nitrogens with zero attached hydrogens (tertiary/aromatic N) is 3. The first kappa shape index (κ1) is 16.3. The topological polar surface area (TPSA) is 41.1 Å². The van der Waals surface area contributed by atoms with E-state index in [0.717, 1.165) is 36.2 Å². The highest BCUT2D eigenvalue weighted by Crippen LogP contribution is 2.28. The highest BCUT2D eigenvalue weighted by Gasteiger charge is 2.18. The van der Waals surface area contributed by atoms with Crippen molar-refractivity contribution in [3.05, 3.63) is 40.1 Å². The molecule has 122 valence electrons. The molecular formula is C17H20Cl2N4. The van der Waals surface area contributed by atoms with Gasteiger partial charge >= 0.3 is 0 Å². The number of piperidine rings is 1. The predicted octanol–water partition coefficient (Wildman–Crippen LogP) is 5.07. The van der Waals surface area contributed by atoms with E-state index in [1.807, 2.05) is 19.1 Å². The van der Waals surface area contributed by atoms with Gasteiger partial charge in [-0.3, -0.25) is 0 Å². The maximum atomic E-state index is 6.07. The van der Waals surface area contributed by atoms with Crippen LogP contribution in [-0.2, 0) is 0 Å². The van der Waals surface area contributed by atoms with Crippen LogP contribution in [0.1, 0.15) is 25.6 Å². The van der Waals surface area contributed by atoms with Crippen LogP contribution in [0.3, 0.4) is 0 Å². The van der Waals surface area contributed by atoms with E-state index in [0.29, 0.717) is 16.0 Å². The second-order valence-corrected chi connectivity index (χ2v) is 6.92. The van der Waals surface area contributed by atoms with Crippen molar-refractivity contribution < 1.29 is 0 Å². The molecule has 23 heavy (non-hydrogen) atoms. The average Bonchev–Trinajstić information content (AvgIpc) is 2.50. The van der Waals surface area contributed by atoms with E-state index >= 15 is 0 Å². The first-order valence-corrected chi connectivity index (χ1v) is 8.59. The van der Waals surface area contributed by atoms with Gasteiger partial charge in [0.25, 0.3) is 0 Å². The highest BCUT2D eigenvalue weighted by molar-refractivity contribution is 6.42. The lowest BCUT2D eigenvalue weighted by atomic mass is 10.0. The fourth-order valence-corrected chi connectivity index (χ4v) is 3.20. The first-order chi connectivity index (χ1) is 11.0. The number of halogens is 2. The van der Waals surface area contributed by atoms with Crippen LogP contribution >= 0.6 is 23.2 Å². The van der Waals surface area contributed by atoms with Gasteiger partial charge < -0.3 is 10.2 Å². The zero-order valence-electron chi connectivity index (χ0n) is 13.3. The maximum Gasteiger partial charge on any atom is 0.136 e. The number of rotatable bonds is 3. The molecule has 3 rings (SSSR count). The smallest absolute Gasteiger partial charge is 0.136 e. The number of aromatic nitrogens is 2. The van der Waals surface area contributed by atoms with Gasteiger partial charge in [-0.05, 0) is 43.9 Å². The van der Waals surface area contributed by atoms with Gasteiger partial charge in [-0.25, -0.2) is 9.97 Å². The Kier molecular flexibility index (Phi) is 4.93. The summed E-state index contributed by atoms with van der Waals surface area (Å²) in [6.45, 7) is 6.29. The van der Waals surface area contributed by atoms with Crippen LogP contribution in [0.25, 0.3) is 0 Å². The number of anilines is 3. The molecule has 0 bridgehead atoms. The van der Waals surface area contributed by atoms with E-state index in [1.54, 1.807) is 12.1 Å². The van der Waals surface area contributed by atoms with Gasteiger partial charge in [-0.1, -0.05) is 30.1 Å². The van der Waals surface area contributed by atoms with Gasteiger partial charge in [0.2, 0.25) is 0 Å². The monoisotopic (exact) mass is 350 g/mol. The molecule has 1 saturated heterocycles. The number of hydrogen-bond donors (Lipinski definition) is 1. The Morgan fingerprint density at radius 3 is 2.74 bits per heavy atom. The summed E-state index contributed by atoms with van der Waals surface area (Å²) in [5, 5.41) is 4.34. The summed E-state index contributed by atoms with van der Waals surface area (Å²) in [6, 6.07) is 7.44. The second-order valence-electron chi connectivity index (χ2n) is 6.11. The molecular weight excluding hydrogens is 331 g/mol. The molecule has 1 unspecified atom stereocenters. The molecule has 2 heterocycles. The fourth-order valence-electron chi connectivity index (χ4n) is 2.90. The summed E-state index contributed by atoms with van der Waals surface area (Å²) in [4.78, 5) is 11.4. The number of benzene rings is 1. The minimum Gasteiger partial charge on any atom is -0.356 e. The van der Waals surface area contributed by atoms with E-state index in [1.165, 1.54) is 12.8 Å². The zero-order valence-corrected chi connectivity index (χ0v) is 14.8. The molecule has 1 aromatic heterocycles. The molecule has 1 aliphatic heterocycles. The molecule has 1 fully saturated rings. The Morgan fingerprint density at radius 1 is 1.17 bits per heavy atom. The highest BCUT2D eigenvalue weighted by atomic mass is 35.5. The van der Waals surface area contributed by atoms with Gasteiger partial charge in [0.1, 0.15) is 17.5 Å². The van der Waals surface area contributed by atoms with Crippen LogP contribution < -0.4 is 10.2 Å². The molecule has 6 heteroatoms. The average molecular weight is 351 g/mol. The molecule has 0 radical (unpaired) electrons. The molecule has 4 nitrogen and oxygen atoms in total. The molecule has 0 amide bonds. The first-order valence-electron chi connectivity index (χ1n) is 7.84. The third-order valence-corrected chi connectivity index (χ3v) is 4.74. The largest absolute Gasteiger partial charge is 0.356 e. The van der Waals surface area contributed by atoms with Crippen LogP contribution in [0, 0.1) is 12.8 Å².